The lowest BCUT2D eigenvalue weighted by Crippen LogP contribution is -2.49. The first kappa shape index (κ1) is 15.8. The van der Waals surface area contributed by atoms with E-state index in [2.05, 4.69) is 21.2 Å². The second-order valence-corrected chi connectivity index (χ2v) is 6.50. The molecule has 1 fully saturated rings. The van der Waals surface area contributed by atoms with Crippen LogP contribution in [0.15, 0.2) is 28.7 Å². The van der Waals surface area contributed by atoms with Crippen molar-refractivity contribution in [1.29, 1.82) is 0 Å². The van der Waals surface area contributed by atoms with Crippen LogP contribution in [0.3, 0.4) is 0 Å². The lowest BCUT2D eigenvalue weighted by atomic mass is 9.69. The minimum Gasteiger partial charge on any atom is -0.481 e. The van der Waals surface area contributed by atoms with E-state index in [9.17, 15) is 14.7 Å². The average molecular weight is 355 g/mol. The van der Waals surface area contributed by atoms with Crippen molar-refractivity contribution in [3.05, 3.63) is 34.3 Å². The minimum atomic E-state index is -0.816. The maximum absolute atomic E-state index is 12.1. The molecule has 21 heavy (non-hydrogen) atoms. The molecule has 1 saturated carbocycles. The van der Waals surface area contributed by atoms with E-state index in [1.165, 1.54) is 0 Å². The Labute approximate surface area is 132 Å². The number of hydrogen-bond donors (Lipinski definition) is 2. The largest absolute Gasteiger partial charge is 0.481 e. The molecular formula is C15H19BrN2O3. The Hall–Kier alpha value is -1.56. The summed E-state index contributed by atoms with van der Waals surface area (Å²) in [4.78, 5) is 24.8. The molecule has 2 N–H and O–H groups in total. The molecule has 0 saturated heterocycles. The number of carboxylic acids is 1. The highest BCUT2D eigenvalue weighted by Crippen LogP contribution is 2.40. The van der Waals surface area contributed by atoms with Crippen LogP contribution in [-0.2, 0) is 11.3 Å². The SMILES string of the molecule is CN(Cc1cccc(Br)c1)C(=O)NCC1(C(=O)O)CCC1. The van der Waals surface area contributed by atoms with Gasteiger partial charge in [-0.05, 0) is 30.5 Å². The van der Waals surface area contributed by atoms with Gasteiger partial charge in [0.15, 0.2) is 0 Å². The number of hydrogen-bond acceptors (Lipinski definition) is 2. The van der Waals surface area contributed by atoms with Gasteiger partial charge >= 0.3 is 12.0 Å². The van der Waals surface area contributed by atoms with Crippen molar-refractivity contribution in [2.75, 3.05) is 13.6 Å². The van der Waals surface area contributed by atoms with Crippen LogP contribution in [0, 0.1) is 5.41 Å². The van der Waals surface area contributed by atoms with Gasteiger partial charge in [0.2, 0.25) is 0 Å². The van der Waals surface area contributed by atoms with Gasteiger partial charge in [0.1, 0.15) is 0 Å². The number of halogens is 1. The fourth-order valence-electron chi connectivity index (χ4n) is 2.43. The lowest BCUT2D eigenvalue weighted by molar-refractivity contribution is -0.153. The Morgan fingerprint density at radius 2 is 2.14 bits per heavy atom. The predicted molar refractivity (Wildman–Crippen MR) is 82.9 cm³/mol. The van der Waals surface area contributed by atoms with Crippen molar-refractivity contribution < 1.29 is 14.7 Å². The molecule has 1 aromatic rings. The van der Waals surface area contributed by atoms with Gasteiger partial charge in [0.25, 0.3) is 0 Å². The Kier molecular flexibility index (Phi) is 4.88. The molecule has 0 aliphatic heterocycles. The summed E-state index contributed by atoms with van der Waals surface area (Å²) in [5, 5.41) is 12.0. The maximum atomic E-state index is 12.1. The molecule has 2 amide bonds. The first-order valence-electron chi connectivity index (χ1n) is 6.90. The molecule has 1 aliphatic carbocycles. The molecule has 0 aromatic heterocycles. The van der Waals surface area contributed by atoms with Crippen LogP contribution in [0.4, 0.5) is 4.79 Å². The molecule has 5 nitrogen and oxygen atoms in total. The molecule has 1 aliphatic rings. The van der Waals surface area contributed by atoms with Crippen molar-refractivity contribution in [3.63, 3.8) is 0 Å². The molecule has 0 heterocycles. The number of aliphatic carboxylic acids is 1. The van der Waals surface area contributed by atoms with E-state index in [0.717, 1.165) is 16.5 Å². The van der Waals surface area contributed by atoms with Gasteiger partial charge in [-0.3, -0.25) is 4.79 Å². The monoisotopic (exact) mass is 354 g/mol. The van der Waals surface area contributed by atoms with Gasteiger partial charge in [0.05, 0.1) is 5.41 Å². The Morgan fingerprint density at radius 3 is 2.67 bits per heavy atom. The molecule has 0 unspecified atom stereocenters. The highest BCUT2D eigenvalue weighted by atomic mass is 79.9. The van der Waals surface area contributed by atoms with Gasteiger partial charge in [-0.25, -0.2) is 4.79 Å². The predicted octanol–water partition coefficient (Wildman–Crippen LogP) is 2.85. The Balaban J connectivity index is 1.87. The molecule has 0 spiro atoms. The molecule has 0 bridgehead atoms. The normalized spacial score (nSPS) is 15.9. The summed E-state index contributed by atoms with van der Waals surface area (Å²) in [5.41, 5.74) is 0.255. The van der Waals surface area contributed by atoms with Crippen LogP contribution in [0.1, 0.15) is 24.8 Å². The van der Waals surface area contributed by atoms with E-state index >= 15 is 0 Å². The summed E-state index contributed by atoms with van der Waals surface area (Å²) >= 11 is 3.39. The van der Waals surface area contributed by atoms with Crippen molar-refractivity contribution >= 4 is 27.9 Å². The summed E-state index contributed by atoms with van der Waals surface area (Å²) in [6.45, 7) is 0.676. The zero-order valence-corrected chi connectivity index (χ0v) is 13.5. The summed E-state index contributed by atoms with van der Waals surface area (Å²) in [6.07, 6.45) is 2.19. The molecule has 0 atom stereocenters. The topological polar surface area (TPSA) is 69.6 Å². The third-order valence-electron chi connectivity index (χ3n) is 4.00. The van der Waals surface area contributed by atoms with E-state index in [0.29, 0.717) is 19.4 Å². The number of amides is 2. The first-order chi connectivity index (χ1) is 9.93. The van der Waals surface area contributed by atoms with E-state index in [1.54, 1.807) is 11.9 Å². The summed E-state index contributed by atoms with van der Waals surface area (Å²) in [5.74, 6) is -0.816. The number of nitrogens with one attached hydrogen (secondary N) is 1. The van der Waals surface area contributed by atoms with Crippen molar-refractivity contribution in [3.8, 4) is 0 Å². The maximum Gasteiger partial charge on any atom is 0.317 e. The fourth-order valence-corrected chi connectivity index (χ4v) is 2.88. The number of rotatable bonds is 5. The third kappa shape index (κ3) is 3.75. The molecule has 1 aromatic carbocycles. The van der Waals surface area contributed by atoms with E-state index in [1.807, 2.05) is 24.3 Å². The van der Waals surface area contributed by atoms with Crippen LogP contribution >= 0.6 is 15.9 Å². The van der Waals surface area contributed by atoms with Gasteiger partial charge in [-0.2, -0.15) is 0 Å². The fraction of sp³-hybridized carbons (Fsp3) is 0.467. The smallest absolute Gasteiger partial charge is 0.317 e. The molecule has 0 radical (unpaired) electrons. The third-order valence-corrected chi connectivity index (χ3v) is 4.49. The highest BCUT2D eigenvalue weighted by Gasteiger charge is 2.44. The molecule has 2 rings (SSSR count). The molecular weight excluding hydrogens is 336 g/mol. The van der Waals surface area contributed by atoms with Crippen LogP contribution in [0.5, 0.6) is 0 Å². The van der Waals surface area contributed by atoms with Crippen molar-refractivity contribution in [2.24, 2.45) is 5.41 Å². The Morgan fingerprint density at radius 1 is 1.43 bits per heavy atom. The number of carbonyl (C=O) groups is 2. The van der Waals surface area contributed by atoms with Gasteiger partial charge in [-0.15, -0.1) is 0 Å². The van der Waals surface area contributed by atoms with Crippen molar-refractivity contribution in [1.82, 2.24) is 10.2 Å². The second kappa shape index (κ2) is 6.47. The number of urea groups is 1. The first-order valence-corrected chi connectivity index (χ1v) is 7.69. The van der Waals surface area contributed by atoms with Crippen LogP contribution < -0.4 is 5.32 Å². The summed E-state index contributed by atoms with van der Waals surface area (Å²) in [6, 6.07) is 7.49. The van der Waals surface area contributed by atoms with E-state index in [4.69, 9.17) is 0 Å². The minimum absolute atomic E-state index is 0.198. The van der Waals surface area contributed by atoms with Crippen LogP contribution in [0.25, 0.3) is 0 Å². The summed E-state index contributed by atoms with van der Waals surface area (Å²) < 4.78 is 0.966. The van der Waals surface area contributed by atoms with Crippen LogP contribution in [0.2, 0.25) is 0 Å². The lowest BCUT2D eigenvalue weighted by Gasteiger charge is -2.37. The van der Waals surface area contributed by atoms with Gasteiger partial charge in [-0.1, -0.05) is 34.5 Å². The van der Waals surface area contributed by atoms with Crippen LogP contribution in [-0.4, -0.2) is 35.6 Å². The quantitative estimate of drug-likeness (QED) is 0.853. The van der Waals surface area contributed by atoms with Gasteiger partial charge in [0, 0.05) is 24.6 Å². The van der Waals surface area contributed by atoms with E-state index < -0.39 is 11.4 Å². The summed E-state index contributed by atoms with van der Waals surface area (Å²) in [7, 11) is 1.70. The van der Waals surface area contributed by atoms with E-state index in [-0.39, 0.29) is 12.6 Å². The number of nitrogens with zero attached hydrogens (tertiary/aromatic N) is 1. The standard InChI is InChI=1S/C15H19BrN2O3/c1-18(9-11-4-2-5-12(16)8-11)14(21)17-10-15(13(19)20)6-3-7-15/h2,4-5,8H,3,6-7,9-10H2,1H3,(H,17,21)(H,19,20). The number of benzene rings is 1. The number of carbonyl (C=O) groups excluding carboxylic acids is 1. The second-order valence-electron chi connectivity index (χ2n) is 5.58. The number of carboxylic acid groups (broad SMARTS) is 1. The zero-order valence-electron chi connectivity index (χ0n) is 11.9. The highest BCUT2D eigenvalue weighted by molar-refractivity contribution is 9.10. The van der Waals surface area contributed by atoms with Gasteiger partial charge < -0.3 is 15.3 Å². The van der Waals surface area contributed by atoms with Crippen molar-refractivity contribution in [2.45, 2.75) is 25.8 Å². The molecule has 6 heteroatoms. The zero-order chi connectivity index (χ0) is 15.5. The average Bonchev–Trinajstić information content (AvgIpc) is 2.36. The molecule has 114 valence electrons. The Bertz CT molecular complexity index is 543.